The van der Waals surface area contributed by atoms with Crippen molar-refractivity contribution in [1.82, 2.24) is 30.5 Å². The second-order valence-corrected chi connectivity index (χ2v) is 15.6. The van der Waals surface area contributed by atoms with Gasteiger partial charge in [0.1, 0.15) is 12.1 Å². The van der Waals surface area contributed by atoms with Gasteiger partial charge in [0.05, 0.1) is 24.4 Å². The van der Waals surface area contributed by atoms with E-state index in [0.717, 1.165) is 54.1 Å². The molecule has 1 saturated heterocycles. The Balaban J connectivity index is 1.22. The lowest BCUT2D eigenvalue weighted by molar-refractivity contribution is -0.138. The van der Waals surface area contributed by atoms with Crippen LogP contribution in [0.1, 0.15) is 81.2 Å². The molecule has 6 rings (SSSR count). The lowest BCUT2D eigenvalue weighted by Crippen LogP contribution is -2.56. The highest BCUT2D eigenvalue weighted by molar-refractivity contribution is 5.92. The van der Waals surface area contributed by atoms with Gasteiger partial charge in [0.25, 0.3) is 0 Å². The van der Waals surface area contributed by atoms with E-state index in [0.29, 0.717) is 50.9 Å². The first-order valence-electron chi connectivity index (χ1n) is 20.1. The lowest BCUT2D eigenvalue weighted by atomic mass is 9.82. The topological polar surface area (TPSA) is 187 Å². The second kappa shape index (κ2) is 19.8. The number of fused-ring (bicyclic) bond motifs is 1. The maximum absolute atomic E-state index is 14.5. The van der Waals surface area contributed by atoms with Crippen LogP contribution in [0.2, 0.25) is 0 Å². The highest BCUT2D eigenvalue weighted by atomic mass is 16.3. The molecule has 3 amide bonds. The fourth-order valence-electron chi connectivity index (χ4n) is 8.23. The molecule has 0 radical (unpaired) electrons. The number of aryl methyl sites for hydroxylation is 1. The van der Waals surface area contributed by atoms with Crippen LogP contribution in [-0.4, -0.2) is 91.2 Å². The quantitative estimate of drug-likeness (QED) is 0.0935. The Kier molecular flexibility index (Phi) is 14.4. The molecule has 12 nitrogen and oxygen atoms in total. The van der Waals surface area contributed by atoms with E-state index in [1.54, 1.807) is 17.3 Å². The molecular weight excluding hydrogens is 695 g/mol. The van der Waals surface area contributed by atoms with E-state index in [2.05, 4.69) is 25.6 Å². The number of pyridine rings is 1. The number of aliphatic hydroxyl groups excluding tert-OH is 2. The molecule has 55 heavy (non-hydrogen) atoms. The monoisotopic (exact) mass is 751 g/mol. The Labute approximate surface area is 323 Å². The molecular formula is C43H57N7O5. The largest absolute Gasteiger partial charge is 0.390 e. The molecule has 4 aromatic rings. The average Bonchev–Trinajstić information content (AvgIpc) is 3.73. The number of benzene rings is 2. The maximum Gasteiger partial charge on any atom is 0.243 e. The molecule has 2 aromatic carbocycles. The van der Waals surface area contributed by atoms with Crippen molar-refractivity contribution < 1.29 is 24.6 Å². The summed E-state index contributed by atoms with van der Waals surface area (Å²) in [6.45, 7) is 1.10. The number of nitrogens with two attached hydrogens (primary N) is 1. The fraction of sp³-hybridized carbons (Fsp3) is 0.512. The Morgan fingerprint density at radius 2 is 1.65 bits per heavy atom. The lowest BCUT2D eigenvalue weighted by Gasteiger charge is -2.33. The van der Waals surface area contributed by atoms with Crippen LogP contribution in [0.15, 0.2) is 79.4 Å². The third-order valence-corrected chi connectivity index (χ3v) is 11.5. The number of likely N-dealkylation sites (tertiary alicyclic amines) is 1. The van der Waals surface area contributed by atoms with E-state index < -0.39 is 42.0 Å². The van der Waals surface area contributed by atoms with E-state index in [1.807, 2.05) is 60.7 Å². The Hall–Kier alpha value is -4.65. The number of carbonyl (C=O) groups is 3. The van der Waals surface area contributed by atoms with Crippen LogP contribution in [0, 0.1) is 11.8 Å². The summed E-state index contributed by atoms with van der Waals surface area (Å²) in [6, 6.07) is 17.8. The first-order valence-corrected chi connectivity index (χ1v) is 20.1. The molecule has 1 saturated carbocycles. The fourth-order valence-corrected chi connectivity index (χ4v) is 8.23. The van der Waals surface area contributed by atoms with Crippen LogP contribution in [0.5, 0.6) is 0 Å². The first-order chi connectivity index (χ1) is 26.7. The zero-order valence-corrected chi connectivity index (χ0v) is 31.7. The molecule has 3 heterocycles. The number of aromatic amines is 1. The number of amides is 3. The highest BCUT2D eigenvalue weighted by Crippen LogP contribution is 2.29. The molecule has 0 bridgehead atoms. The van der Waals surface area contributed by atoms with E-state index in [1.165, 1.54) is 6.33 Å². The molecule has 7 N–H and O–H groups in total. The van der Waals surface area contributed by atoms with Crippen LogP contribution in [0.25, 0.3) is 10.8 Å². The molecule has 2 aliphatic rings. The predicted molar refractivity (Wildman–Crippen MR) is 211 cm³/mol. The van der Waals surface area contributed by atoms with Gasteiger partial charge in [-0.15, -0.1) is 0 Å². The number of carbonyl (C=O) groups excluding carboxylic acids is 3. The van der Waals surface area contributed by atoms with E-state index in [4.69, 9.17) is 5.73 Å². The van der Waals surface area contributed by atoms with Crippen molar-refractivity contribution in [1.29, 1.82) is 0 Å². The minimum atomic E-state index is -1.23. The standard InChI is InChI=1S/C43H57N7O5/c44-33-18-21-50(22-19-33)40(52)25-32(24-31-13-8-12-30-11-4-5-15-36(30)31)42(54)49-38(26-35-27-45-28-47-35)43(55)48-37(23-29-9-2-1-3-10-29)41(53)39(51)17-16-34-14-6-7-20-46-34/h4-8,11-15,20,27-29,32-33,37-39,41,51,53H,1-3,9-10,16-19,21-26,44H2,(H,45,47)(H,48,55)(H,49,54)/t32-,37+,38+,39+,41-/m1/s1. The number of rotatable bonds is 17. The molecule has 1 aliphatic heterocycles. The third-order valence-electron chi connectivity index (χ3n) is 11.5. The van der Waals surface area contributed by atoms with Crippen molar-refractivity contribution in [3.8, 4) is 0 Å². The summed E-state index contributed by atoms with van der Waals surface area (Å²) in [5, 5.41) is 31.0. The minimum Gasteiger partial charge on any atom is -0.390 e. The summed E-state index contributed by atoms with van der Waals surface area (Å²) in [6.07, 6.45) is 10.9. The molecule has 1 aliphatic carbocycles. The van der Waals surface area contributed by atoms with E-state index in [9.17, 15) is 24.6 Å². The molecule has 0 unspecified atom stereocenters. The van der Waals surface area contributed by atoms with Gasteiger partial charge in [-0.05, 0) is 72.9 Å². The second-order valence-electron chi connectivity index (χ2n) is 15.6. The summed E-state index contributed by atoms with van der Waals surface area (Å²) in [4.78, 5) is 55.9. The number of aromatic nitrogens is 3. The minimum absolute atomic E-state index is 0.0197. The average molecular weight is 752 g/mol. The highest BCUT2D eigenvalue weighted by Gasteiger charge is 2.35. The van der Waals surface area contributed by atoms with Gasteiger partial charge in [0.2, 0.25) is 17.7 Å². The number of imidazole rings is 1. The van der Waals surface area contributed by atoms with Crippen LogP contribution < -0.4 is 16.4 Å². The smallest absolute Gasteiger partial charge is 0.243 e. The van der Waals surface area contributed by atoms with Gasteiger partial charge in [-0.3, -0.25) is 19.4 Å². The molecule has 2 fully saturated rings. The number of H-pyrrole nitrogens is 1. The number of aliphatic hydroxyl groups is 2. The van der Waals surface area contributed by atoms with Crippen molar-refractivity contribution >= 4 is 28.5 Å². The zero-order chi connectivity index (χ0) is 38.6. The summed E-state index contributed by atoms with van der Waals surface area (Å²) < 4.78 is 0. The van der Waals surface area contributed by atoms with Crippen molar-refractivity contribution in [2.45, 2.75) is 114 Å². The van der Waals surface area contributed by atoms with Gasteiger partial charge in [-0.2, -0.15) is 0 Å². The number of hydrogen-bond acceptors (Lipinski definition) is 8. The van der Waals surface area contributed by atoms with Crippen LogP contribution in [0.4, 0.5) is 0 Å². The number of nitrogens with one attached hydrogen (secondary N) is 3. The third kappa shape index (κ3) is 11.4. The van der Waals surface area contributed by atoms with Gasteiger partial charge in [-0.25, -0.2) is 4.98 Å². The van der Waals surface area contributed by atoms with Crippen molar-refractivity contribution in [2.24, 2.45) is 17.6 Å². The molecule has 2 aromatic heterocycles. The SMILES string of the molecule is NC1CCN(C(=O)C[C@@H](Cc2cccc3ccccc23)C(=O)N[C@@H](Cc2cnc[nH]2)C(=O)N[C@@H](CC2CCCCC2)[C@@H](O)[C@@H](O)CCc2ccccn2)CC1. The molecule has 0 spiro atoms. The van der Waals surface area contributed by atoms with Gasteiger partial charge in [0.15, 0.2) is 0 Å². The van der Waals surface area contributed by atoms with Crippen molar-refractivity contribution in [2.75, 3.05) is 13.1 Å². The van der Waals surface area contributed by atoms with Crippen LogP contribution >= 0.6 is 0 Å². The van der Waals surface area contributed by atoms with Crippen LogP contribution in [0.3, 0.4) is 0 Å². The normalized spacial score (nSPS) is 18.3. The molecule has 294 valence electrons. The Morgan fingerprint density at radius 1 is 0.891 bits per heavy atom. The van der Waals surface area contributed by atoms with E-state index >= 15 is 0 Å². The van der Waals surface area contributed by atoms with Gasteiger partial charge in [0, 0.05) is 55.8 Å². The van der Waals surface area contributed by atoms with Gasteiger partial charge >= 0.3 is 0 Å². The first kappa shape index (κ1) is 40.0. The van der Waals surface area contributed by atoms with Gasteiger partial charge in [-0.1, -0.05) is 80.6 Å². The summed E-state index contributed by atoms with van der Waals surface area (Å²) in [5.74, 6) is -1.47. The number of hydrogen-bond donors (Lipinski definition) is 6. The summed E-state index contributed by atoms with van der Waals surface area (Å²) in [7, 11) is 0. The van der Waals surface area contributed by atoms with Crippen molar-refractivity contribution in [3.05, 3.63) is 96.3 Å². The van der Waals surface area contributed by atoms with Crippen molar-refractivity contribution in [3.63, 3.8) is 0 Å². The zero-order valence-electron chi connectivity index (χ0n) is 31.7. The number of piperidine rings is 1. The Bertz CT molecular complexity index is 1800. The summed E-state index contributed by atoms with van der Waals surface area (Å²) >= 11 is 0. The van der Waals surface area contributed by atoms with E-state index in [-0.39, 0.29) is 37.1 Å². The molecule has 5 atom stereocenters. The molecule has 12 heteroatoms. The maximum atomic E-state index is 14.5. The predicted octanol–water partition coefficient (Wildman–Crippen LogP) is 3.99. The number of nitrogens with zero attached hydrogens (tertiary/aromatic N) is 3. The Morgan fingerprint density at radius 3 is 2.40 bits per heavy atom. The van der Waals surface area contributed by atoms with Gasteiger partial charge < -0.3 is 36.5 Å². The van der Waals surface area contributed by atoms with Crippen LogP contribution in [-0.2, 0) is 33.6 Å². The summed E-state index contributed by atoms with van der Waals surface area (Å²) in [5.41, 5.74) is 8.52.